The Balaban J connectivity index is 1.52. The molecule has 2 aromatic rings. The van der Waals surface area contributed by atoms with Gasteiger partial charge in [0.15, 0.2) is 0 Å². The Morgan fingerprint density at radius 2 is 1.79 bits per heavy atom. The molecule has 182 valence electrons. The van der Waals surface area contributed by atoms with Crippen molar-refractivity contribution >= 4 is 27.5 Å². The Bertz CT molecular complexity index is 1170. The lowest BCUT2D eigenvalue weighted by Crippen LogP contribution is -2.37. The van der Waals surface area contributed by atoms with E-state index in [0.29, 0.717) is 12.1 Å². The van der Waals surface area contributed by atoms with Gasteiger partial charge in [0, 0.05) is 12.1 Å². The Labute approximate surface area is 200 Å². The summed E-state index contributed by atoms with van der Waals surface area (Å²) in [5.74, 6) is -0.282. The van der Waals surface area contributed by atoms with Gasteiger partial charge >= 0.3 is 0 Å². The van der Waals surface area contributed by atoms with Crippen LogP contribution >= 0.6 is 0 Å². The number of nitrogens with one attached hydrogen (secondary N) is 1. The van der Waals surface area contributed by atoms with E-state index in [1.165, 1.54) is 12.1 Å². The maximum absolute atomic E-state index is 13.0. The topological polar surface area (TPSA) is 96.0 Å². The number of sulfonamides is 1. The van der Waals surface area contributed by atoms with Crippen molar-refractivity contribution in [2.45, 2.75) is 32.7 Å². The van der Waals surface area contributed by atoms with Gasteiger partial charge in [-0.2, -0.15) is 0 Å². The SMILES string of the molecule is COc1ccc(C(CNC(=O)c2cccc(N3C(=O)C(C)(C)CS3(=O)=O)c2)N2CCCC2)cc1. The molecule has 0 radical (unpaired) electrons. The highest BCUT2D eigenvalue weighted by atomic mass is 32.2. The highest BCUT2D eigenvalue weighted by Crippen LogP contribution is 2.36. The average molecular weight is 486 g/mol. The van der Waals surface area contributed by atoms with Crippen molar-refractivity contribution in [1.29, 1.82) is 0 Å². The molecule has 9 heteroatoms. The minimum Gasteiger partial charge on any atom is -0.497 e. The van der Waals surface area contributed by atoms with E-state index in [4.69, 9.17) is 4.74 Å². The third kappa shape index (κ3) is 4.81. The second-order valence-electron chi connectivity index (χ2n) is 9.50. The molecule has 2 aliphatic rings. The molecule has 8 nitrogen and oxygen atoms in total. The van der Waals surface area contributed by atoms with Gasteiger partial charge in [-0.1, -0.05) is 18.2 Å². The molecule has 2 amide bonds. The third-order valence-corrected chi connectivity index (χ3v) is 8.49. The van der Waals surface area contributed by atoms with E-state index < -0.39 is 21.3 Å². The molecule has 2 fully saturated rings. The van der Waals surface area contributed by atoms with Gasteiger partial charge in [-0.25, -0.2) is 12.7 Å². The van der Waals surface area contributed by atoms with Crippen LogP contribution in [0, 0.1) is 5.41 Å². The number of carbonyl (C=O) groups is 2. The molecule has 2 saturated heterocycles. The second-order valence-corrected chi connectivity index (χ2v) is 11.3. The van der Waals surface area contributed by atoms with Crippen LogP contribution in [-0.4, -0.2) is 57.6 Å². The van der Waals surface area contributed by atoms with Gasteiger partial charge in [0.2, 0.25) is 15.9 Å². The van der Waals surface area contributed by atoms with E-state index in [1.807, 2.05) is 24.3 Å². The Kier molecular flexibility index (Phi) is 6.69. The number of rotatable bonds is 7. The minimum absolute atomic E-state index is 0.0156. The van der Waals surface area contributed by atoms with Gasteiger partial charge in [-0.05, 0) is 75.7 Å². The lowest BCUT2D eigenvalue weighted by atomic mass is 9.95. The van der Waals surface area contributed by atoms with E-state index in [9.17, 15) is 18.0 Å². The number of methoxy groups -OCH3 is 1. The molecule has 2 aliphatic heterocycles. The van der Waals surface area contributed by atoms with Crippen LogP contribution in [0.4, 0.5) is 5.69 Å². The second kappa shape index (κ2) is 9.38. The van der Waals surface area contributed by atoms with Gasteiger partial charge in [-0.3, -0.25) is 14.5 Å². The molecule has 2 aromatic carbocycles. The van der Waals surface area contributed by atoms with Crippen LogP contribution in [-0.2, 0) is 14.8 Å². The maximum atomic E-state index is 13.0. The Morgan fingerprint density at radius 1 is 1.12 bits per heavy atom. The van der Waals surface area contributed by atoms with Crippen molar-refractivity contribution in [2.75, 3.05) is 36.8 Å². The van der Waals surface area contributed by atoms with Crippen LogP contribution < -0.4 is 14.4 Å². The van der Waals surface area contributed by atoms with E-state index in [-0.39, 0.29) is 23.4 Å². The summed E-state index contributed by atoms with van der Waals surface area (Å²) >= 11 is 0. The fourth-order valence-electron chi connectivity index (χ4n) is 4.66. The molecule has 0 aromatic heterocycles. The van der Waals surface area contributed by atoms with Crippen molar-refractivity contribution in [1.82, 2.24) is 10.2 Å². The summed E-state index contributed by atoms with van der Waals surface area (Å²) in [6, 6.07) is 14.1. The van der Waals surface area contributed by atoms with Gasteiger partial charge in [0.1, 0.15) is 5.75 Å². The number of hydrogen-bond acceptors (Lipinski definition) is 6. The number of benzene rings is 2. The number of hydrogen-bond donors (Lipinski definition) is 1. The number of ether oxygens (including phenoxy) is 1. The summed E-state index contributed by atoms with van der Waals surface area (Å²) < 4.78 is 31.3. The van der Waals surface area contributed by atoms with E-state index in [2.05, 4.69) is 10.2 Å². The number of nitrogens with zero attached hydrogens (tertiary/aromatic N) is 2. The average Bonchev–Trinajstić information content (AvgIpc) is 3.38. The molecule has 4 rings (SSSR count). The standard InChI is InChI=1S/C25H31N3O5S/c1-25(2)17-34(31,32)28(24(25)30)20-8-6-7-19(15-20)23(29)26-16-22(27-13-4-5-14-27)18-9-11-21(33-3)12-10-18/h6-12,15,22H,4-5,13-14,16-17H2,1-3H3,(H,26,29). The normalized spacial score (nSPS) is 20.3. The minimum atomic E-state index is -3.78. The molecule has 0 saturated carbocycles. The number of amides is 2. The van der Waals surface area contributed by atoms with Crippen molar-refractivity contribution in [3.05, 3.63) is 59.7 Å². The van der Waals surface area contributed by atoms with E-state index in [1.54, 1.807) is 33.1 Å². The zero-order chi connectivity index (χ0) is 24.5. The molecule has 1 atom stereocenters. The first-order chi connectivity index (χ1) is 16.1. The van der Waals surface area contributed by atoms with Crippen molar-refractivity contribution in [3.63, 3.8) is 0 Å². The van der Waals surface area contributed by atoms with Crippen LogP contribution in [0.2, 0.25) is 0 Å². The predicted molar refractivity (Wildman–Crippen MR) is 130 cm³/mol. The van der Waals surface area contributed by atoms with Gasteiger partial charge in [-0.15, -0.1) is 0 Å². The number of anilines is 1. The molecule has 0 spiro atoms. The Morgan fingerprint density at radius 3 is 2.38 bits per heavy atom. The zero-order valence-corrected chi connectivity index (χ0v) is 20.6. The summed E-state index contributed by atoms with van der Waals surface area (Å²) in [6.45, 7) is 5.56. The van der Waals surface area contributed by atoms with Crippen LogP contribution in [0.5, 0.6) is 5.75 Å². The van der Waals surface area contributed by atoms with Crippen molar-refractivity contribution < 1.29 is 22.7 Å². The summed E-state index contributed by atoms with van der Waals surface area (Å²) in [5, 5.41) is 3.00. The monoisotopic (exact) mass is 485 g/mol. The summed E-state index contributed by atoms with van der Waals surface area (Å²) in [7, 11) is -2.15. The molecule has 1 N–H and O–H groups in total. The van der Waals surface area contributed by atoms with Gasteiger partial charge in [0.25, 0.3) is 5.91 Å². The van der Waals surface area contributed by atoms with E-state index in [0.717, 1.165) is 41.5 Å². The van der Waals surface area contributed by atoms with Gasteiger partial charge < -0.3 is 10.1 Å². The van der Waals surface area contributed by atoms with Crippen molar-refractivity contribution in [2.24, 2.45) is 5.41 Å². The molecule has 34 heavy (non-hydrogen) atoms. The van der Waals surface area contributed by atoms with Crippen LogP contribution in [0.15, 0.2) is 48.5 Å². The highest BCUT2D eigenvalue weighted by Gasteiger charge is 2.50. The number of likely N-dealkylation sites (tertiary alicyclic amines) is 1. The van der Waals surface area contributed by atoms with Crippen LogP contribution in [0.25, 0.3) is 0 Å². The van der Waals surface area contributed by atoms with Crippen LogP contribution in [0.3, 0.4) is 0 Å². The summed E-state index contributed by atoms with van der Waals surface area (Å²) in [4.78, 5) is 28.1. The largest absolute Gasteiger partial charge is 0.497 e. The maximum Gasteiger partial charge on any atom is 0.251 e. The fraction of sp³-hybridized carbons (Fsp3) is 0.440. The zero-order valence-electron chi connectivity index (χ0n) is 19.8. The molecule has 0 aliphatic carbocycles. The fourth-order valence-corrected chi connectivity index (χ4v) is 6.76. The quantitative estimate of drug-likeness (QED) is 0.648. The molecular weight excluding hydrogens is 454 g/mol. The summed E-state index contributed by atoms with van der Waals surface area (Å²) in [5.41, 5.74) is 0.584. The lowest BCUT2D eigenvalue weighted by Gasteiger charge is -2.28. The molecule has 1 unspecified atom stereocenters. The third-order valence-electron chi connectivity index (χ3n) is 6.47. The predicted octanol–water partition coefficient (Wildman–Crippen LogP) is 2.96. The van der Waals surface area contributed by atoms with Crippen molar-refractivity contribution in [3.8, 4) is 5.75 Å². The van der Waals surface area contributed by atoms with E-state index >= 15 is 0 Å². The number of carbonyl (C=O) groups excluding carboxylic acids is 2. The highest BCUT2D eigenvalue weighted by molar-refractivity contribution is 7.94. The smallest absolute Gasteiger partial charge is 0.251 e. The molecule has 2 heterocycles. The summed E-state index contributed by atoms with van der Waals surface area (Å²) in [6.07, 6.45) is 2.24. The molecular formula is C25H31N3O5S. The first-order valence-corrected chi connectivity index (χ1v) is 13.1. The van der Waals surface area contributed by atoms with Crippen LogP contribution in [0.1, 0.15) is 48.7 Å². The van der Waals surface area contributed by atoms with Gasteiger partial charge in [0.05, 0.1) is 30.0 Å². The molecule has 0 bridgehead atoms. The lowest BCUT2D eigenvalue weighted by molar-refractivity contribution is -0.123. The Hall–Kier alpha value is -2.91. The first-order valence-electron chi connectivity index (χ1n) is 11.5. The first kappa shape index (κ1) is 24.2.